The van der Waals surface area contributed by atoms with Crippen molar-refractivity contribution in [1.82, 2.24) is 25.5 Å². The third-order valence-electron chi connectivity index (χ3n) is 3.74. The predicted octanol–water partition coefficient (Wildman–Crippen LogP) is 0.864. The van der Waals surface area contributed by atoms with Crippen LogP contribution in [0.1, 0.15) is 58.3 Å². The molecule has 130 valence electrons. The summed E-state index contributed by atoms with van der Waals surface area (Å²) in [5.41, 5.74) is 0. The zero-order chi connectivity index (χ0) is 17.0. The third-order valence-corrected chi connectivity index (χ3v) is 5.14. The number of hydrogen-bond donors (Lipinski definition) is 1. The highest BCUT2D eigenvalue weighted by molar-refractivity contribution is 7.91. The van der Waals surface area contributed by atoms with Gasteiger partial charge in [-0.3, -0.25) is 4.79 Å². The number of amides is 1. The van der Waals surface area contributed by atoms with Gasteiger partial charge in [0.15, 0.2) is 15.7 Å². The Bertz CT molecular complexity index is 637. The van der Waals surface area contributed by atoms with Crippen molar-refractivity contribution < 1.29 is 13.2 Å². The average Bonchev–Trinajstić information content (AvgIpc) is 3.16. The van der Waals surface area contributed by atoms with Crippen LogP contribution in [0, 0.1) is 5.92 Å². The van der Waals surface area contributed by atoms with E-state index in [-0.39, 0.29) is 17.8 Å². The molecule has 1 heterocycles. The first-order chi connectivity index (χ1) is 10.8. The minimum Gasteiger partial charge on any atom is -0.353 e. The summed E-state index contributed by atoms with van der Waals surface area (Å²) >= 11 is 0. The molecule has 0 saturated heterocycles. The van der Waals surface area contributed by atoms with Gasteiger partial charge in [-0.25, -0.2) is 13.1 Å². The largest absolute Gasteiger partial charge is 0.353 e. The van der Waals surface area contributed by atoms with Crippen molar-refractivity contribution in [3.05, 3.63) is 5.82 Å². The number of nitrogens with one attached hydrogen (secondary N) is 1. The second-order valence-electron chi connectivity index (χ2n) is 6.74. The van der Waals surface area contributed by atoms with Crippen LogP contribution in [0.2, 0.25) is 0 Å². The quantitative estimate of drug-likeness (QED) is 0.713. The summed E-state index contributed by atoms with van der Waals surface area (Å²) in [6, 6.07) is 0.178. The van der Waals surface area contributed by atoms with Crippen molar-refractivity contribution in [2.24, 2.45) is 5.92 Å². The van der Waals surface area contributed by atoms with E-state index in [1.807, 2.05) is 6.92 Å². The lowest BCUT2D eigenvalue weighted by Crippen LogP contribution is -2.37. The molecule has 1 atom stereocenters. The van der Waals surface area contributed by atoms with Gasteiger partial charge in [-0.2, -0.15) is 0 Å². The highest BCUT2D eigenvalue weighted by Crippen LogP contribution is 2.34. The van der Waals surface area contributed by atoms with Crippen LogP contribution in [0.4, 0.5) is 0 Å². The zero-order valence-electron chi connectivity index (χ0n) is 13.9. The Kier molecular flexibility index (Phi) is 5.72. The van der Waals surface area contributed by atoms with E-state index in [4.69, 9.17) is 0 Å². The normalized spacial score (nSPS) is 16.5. The SMILES string of the molecule is CC(C)CC[C@H](C)NC(=O)CS(=O)(=O)Cc1nnnn1C1CC1. The number of nitrogens with zero attached hydrogens (tertiary/aromatic N) is 4. The lowest BCUT2D eigenvalue weighted by atomic mass is 10.0. The molecule has 1 fully saturated rings. The molecule has 0 aliphatic heterocycles. The molecule has 1 aliphatic rings. The number of carbonyl (C=O) groups excluding carboxylic acids is 1. The van der Waals surface area contributed by atoms with Crippen LogP contribution < -0.4 is 5.32 Å². The first kappa shape index (κ1) is 17.8. The van der Waals surface area contributed by atoms with Crippen LogP contribution >= 0.6 is 0 Å². The van der Waals surface area contributed by atoms with Gasteiger partial charge in [-0.05, 0) is 49.0 Å². The summed E-state index contributed by atoms with van der Waals surface area (Å²) in [4.78, 5) is 11.9. The third kappa shape index (κ3) is 5.89. The van der Waals surface area contributed by atoms with Gasteiger partial charge in [0.1, 0.15) is 11.5 Å². The van der Waals surface area contributed by atoms with Gasteiger partial charge in [0.2, 0.25) is 5.91 Å². The van der Waals surface area contributed by atoms with E-state index in [1.54, 1.807) is 4.68 Å². The number of rotatable bonds is 9. The molecule has 0 spiro atoms. The van der Waals surface area contributed by atoms with Crippen molar-refractivity contribution in [2.45, 2.75) is 64.3 Å². The Balaban J connectivity index is 1.85. The molecule has 1 aromatic rings. The van der Waals surface area contributed by atoms with Gasteiger partial charge in [0.05, 0.1) is 6.04 Å². The van der Waals surface area contributed by atoms with Gasteiger partial charge in [0, 0.05) is 6.04 Å². The van der Waals surface area contributed by atoms with Crippen molar-refractivity contribution in [3.8, 4) is 0 Å². The number of aromatic nitrogens is 4. The average molecular weight is 343 g/mol. The number of carbonyl (C=O) groups is 1. The fourth-order valence-electron chi connectivity index (χ4n) is 2.33. The molecule has 1 saturated carbocycles. The highest BCUT2D eigenvalue weighted by atomic mass is 32.2. The summed E-state index contributed by atoms with van der Waals surface area (Å²) in [6.07, 6.45) is 3.76. The van der Waals surface area contributed by atoms with E-state index in [0.29, 0.717) is 11.7 Å². The predicted molar refractivity (Wildman–Crippen MR) is 85.3 cm³/mol. The molecule has 2 rings (SSSR count). The molecule has 1 aliphatic carbocycles. The Morgan fingerprint density at radius 3 is 2.61 bits per heavy atom. The molecule has 0 radical (unpaired) electrons. The van der Waals surface area contributed by atoms with Gasteiger partial charge in [0.25, 0.3) is 0 Å². The van der Waals surface area contributed by atoms with Crippen LogP contribution in [-0.4, -0.2) is 46.3 Å². The fraction of sp³-hybridized carbons (Fsp3) is 0.857. The summed E-state index contributed by atoms with van der Waals surface area (Å²) in [5.74, 6) is -0.430. The smallest absolute Gasteiger partial charge is 0.235 e. The lowest BCUT2D eigenvalue weighted by Gasteiger charge is -2.15. The summed E-state index contributed by atoms with van der Waals surface area (Å²) in [6.45, 7) is 6.12. The number of hydrogen-bond acceptors (Lipinski definition) is 6. The minimum absolute atomic E-state index is 0.0307. The maximum Gasteiger partial charge on any atom is 0.235 e. The second-order valence-corrected chi connectivity index (χ2v) is 8.81. The maximum absolute atomic E-state index is 12.2. The van der Waals surface area contributed by atoms with E-state index < -0.39 is 21.5 Å². The molecule has 0 aromatic carbocycles. The number of tetrazole rings is 1. The lowest BCUT2D eigenvalue weighted by molar-refractivity contribution is -0.119. The first-order valence-corrected chi connectivity index (χ1v) is 9.85. The van der Waals surface area contributed by atoms with Gasteiger partial charge >= 0.3 is 0 Å². The molecule has 0 unspecified atom stereocenters. The summed E-state index contributed by atoms with van der Waals surface area (Å²) in [5, 5.41) is 13.9. The van der Waals surface area contributed by atoms with E-state index in [0.717, 1.165) is 25.7 Å². The molecular weight excluding hydrogens is 318 g/mol. The van der Waals surface area contributed by atoms with Crippen LogP contribution in [0.25, 0.3) is 0 Å². The highest BCUT2D eigenvalue weighted by Gasteiger charge is 2.30. The Morgan fingerprint density at radius 2 is 2.00 bits per heavy atom. The van der Waals surface area contributed by atoms with E-state index in [2.05, 4.69) is 34.7 Å². The molecule has 23 heavy (non-hydrogen) atoms. The maximum atomic E-state index is 12.2. The van der Waals surface area contributed by atoms with Crippen LogP contribution in [0.5, 0.6) is 0 Å². The van der Waals surface area contributed by atoms with Crippen LogP contribution in [-0.2, 0) is 20.4 Å². The molecule has 1 aromatic heterocycles. The van der Waals surface area contributed by atoms with E-state index >= 15 is 0 Å². The number of sulfone groups is 1. The van der Waals surface area contributed by atoms with Crippen LogP contribution in [0.15, 0.2) is 0 Å². The molecule has 0 bridgehead atoms. The van der Waals surface area contributed by atoms with Crippen molar-refractivity contribution >= 4 is 15.7 Å². The molecular formula is C14H25N5O3S. The van der Waals surface area contributed by atoms with Gasteiger partial charge in [-0.15, -0.1) is 5.10 Å². The summed E-state index contributed by atoms with van der Waals surface area (Å²) < 4.78 is 25.9. The monoisotopic (exact) mass is 343 g/mol. The molecule has 1 amide bonds. The van der Waals surface area contributed by atoms with Gasteiger partial charge < -0.3 is 5.32 Å². The van der Waals surface area contributed by atoms with Crippen molar-refractivity contribution in [2.75, 3.05) is 5.75 Å². The zero-order valence-corrected chi connectivity index (χ0v) is 14.7. The topological polar surface area (TPSA) is 107 Å². The van der Waals surface area contributed by atoms with E-state index in [1.165, 1.54) is 0 Å². The second kappa shape index (κ2) is 7.37. The standard InChI is InChI=1S/C14H25N5O3S/c1-10(2)4-5-11(3)15-14(20)9-23(21,22)8-13-16-17-18-19(13)12-6-7-12/h10-12H,4-9H2,1-3H3,(H,15,20)/t11-/m0/s1. The van der Waals surface area contributed by atoms with Gasteiger partial charge in [-0.1, -0.05) is 13.8 Å². The van der Waals surface area contributed by atoms with E-state index in [9.17, 15) is 13.2 Å². The minimum atomic E-state index is -3.58. The van der Waals surface area contributed by atoms with Crippen molar-refractivity contribution in [3.63, 3.8) is 0 Å². The Hall–Kier alpha value is -1.51. The molecule has 8 nitrogen and oxygen atoms in total. The van der Waals surface area contributed by atoms with Crippen molar-refractivity contribution in [1.29, 1.82) is 0 Å². The summed E-state index contributed by atoms with van der Waals surface area (Å²) in [7, 11) is -3.58. The molecule has 9 heteroatoms. The fourth-order valence-corrected chi connectivity index (χ4v) is 3.50. The van der Waals surface area contributed by atoms with Crippen LogP contribution in [0.3, 0.4) is 0 Å². The Labute approximate surface area is 136 Å². The first-order valence-electron chi connectivity index (χ1n) is 8.03. The Morgan fingerprint density at radius 1 is 1.30 bits per heavy atom. The molecule has 1 N–H and O–H groups in total.